The number of hydrogen-bond acceptors (Lipinski definition) is 6. The van der Waals surface area contributed by atoms with E-state index < -0.39 is 18.2 Å². The number of piperidine rings is 1. The number of Topliss-reactive ketones (excluding diaryl/α,β-unsaturated/α-hetero) is 1. The Morgan fingerprint density at radius 2 is 1.84 bits per heavy atom. The molecule has 3 fully saturated rings. The molecule has 3 aliphatic rings. The second kappa shape index (κ2) is 11.6. The summed E-state index contributed by atoms with van der Waals surface area (Å²) in [6, 6.07) is 6.43. The summed E-state index contributed by atoms with van der Waals surface area (Å²) in [6.07, 6.45) is 3.10. The van der Waals surface area contributed by atoms with E-state index in [1.807, 2.05) is 32.9 Å². The Morgan fingerprint density at radius 1 is 1.16 bits per heavy atom. The Bertz CT molecular complexity index is 965. The molecule has 4 atom stereocenters. The van der Waals surface area contributed by atoms with E-state index in [9.17, 15) is 14.4 Å². The summed E-state index contributed by atoms with van der Waals surface area (Å²) in [6.45, 7) is 12.0. The number of ketones is 1. The molecule has 0 spiro atoms. The van der Waals surface area contributed by atoms with Gasteiger partial charge in [-0.1, -0.05) is 39.8 Å². The number of rotatable bonds is 8. The predicted molar refractivity (Wildman–Crippen MR) is 142 cm³/mol. The van der Waals surface area contributed by atoms with Crippen LogP contribution >= 0.6 is 0 Å². The van der Waals surface area contributed by atoms with E-state index in [0.717, 1.165) is 32.5 Å². The molecule has 2 amide bonds. The average Bonchev–Trinajstić information content (AvgIpc) is 3.43. The number of likely N-dealkylation sites (tertiary alicyclic amines) is 2. The number of benzene rings is 1. The molecule has 3 aliphatic heterocycles. The summed E-state index contributed by atoms with van der Waals surface area (Å²) < 4.78 is 11.1. The normalized spacial score (nSPS) is 25.8. The molecule has 0 saturated carbocycles. The largest absolute Gasteiger partial charge is 0.377 e. The maximum atomic E-state index is 13.7. The highest BCUT2D eigenvalue weighted by atomic mass is 16.5. The van der Waals surface area contributed by atoms with Gasteiger partial charge >= 0.3 is 0 Å². The zero-order valence-corrected chi connectivity index (χ0v) is 23.0. The molecule has 4 rings (SSSR count). The fourth-order valence-corrected chi connectivity index (χ4v) is 6.01. The molecule has 1 aromatic rings. The van der Waals surface area contributed by atoms with E-state index in [1.165, 1.54) is 12.0 Å². The van der Waals surface area contributed by atoms with E-state index in [1.54, 1.807) is 12.0 Å². The lowest BCUT2D eigenvalue weighted by Crippen LogP contribution is -2.53. The van der Waals surface area contributed by atoms with Crippen LogP contribution in [0.3, 0.4) is 0 Å². The van der Waals surface area contributed by atoms with Crippen LogP contribution in [0.25, 0.3) is 0 Å². The minimum absolute atomic E-state index is 0.0146. The molecule has 204 valence electrons. The Balaban J connectivity index is 1.44. The van der Waals surface area contributed by atoms with Crippen molar-refractivity contribution in [3.8, 4) is 0 Å². The molecule has 37 heavy (non-hydrogen) atoms. The number of nitrogens with one attached hydrogen (secondary N) is 1. The van der Waals surface area contributed by atoms with E-state index in [-0.39, 0.29) is 42.3 Å². The standard InChI is InChI=1S/C29H43N3O5/c1-6-13-31-14-11-20(12-15-31)19-7-9-21(10-8-19)27(34)30-22(16-29(2,3)4)28(35)32-17-24(36-5)26-25(32)23(33)18-37-26/h7-10,20,22,24-26H,6,11-18H2,1-5H3,(H,30,34)/t22-,24+,25+,26+/m0/s1. The van der Waals surface area contributed by atoms with E-state index in [4.69, 9.17) is 9.47 Å². The van der Waals surface area contributed by atoms with Crippen molar-refractivity contribution in [2.45, 2.75) is 83.6 Å². The van der Waals surface area contributed by atoms with Gasteiger partial charge in [-0.2, -0.15) is 0 Å². The molecular weight excluding hydrogens is 470 g/mol. The SMILES string of the molecule is CCCN1CCC(c2ccc(C(=O)N[C@@H](CC(C)(C)C)C(=O)N3C[C@@H](OC)[C@H]4OCC(=O)[C@H]43)cc2)CC1. The molecule has 0 bridgehead atoms. The summed E-state index contributed by atoms with van der Waals surface area (Å²) in [5.74, 6) is -0.134. The van der Waals surface area contributed by atoms with Crippen molar-refractivity contribution >= 4 is 17.6 Å². The third-order valence-electron chi connectivity index (χ3n) is 7.92. The summed E-state index contributed by atoms with van der Waals surface area (Å²) in [5, 5.41) is 2.98. The Kier molecular flexibility index (Phi) is 8.71. The van der Waals surface area contributed by atoms with Crippen LogP contribution in [0.4, 0.5) is 0 Å². The Morgan fingerprint density at radius 3 is 2.43 bits per heavy atom. The molecule has 8 nitrogen and oxygen atoms in total. The highest BCUT2D eigenvalue weighted by molar-refractivity contribution is 5.99. The smallest absolute Gasteiger partial charge is 0.251 e. The zero-order chi connectivity index (χ0) is 26.7. The number of nitrogens with zero attached hydrogens (tertiary/aromatic N) is 2. The van der Waals surface area contributed by atoms with E-state index in [0.29, 0.717) is 17.9 Å². The summed E-state index contributed by atoms with van der Waals surface area (Å²) in [5.41, 5.74) is 1.59. The molecule has 1 aromatic carbocycles. The van der Waals surface area contributed by atoms with E-state index in [2.05, 4.69) is 29.3 Å². The van der Waals surface area contributed by atoms with Crippen molar-refractivity contribution in [2.24, 2.45) is 5.41 Å². The van der Waals surface area contributed by atoms with Gasteiger partial charge < -0.3 is 24.6 Å². The van der Waals surface area contributed by atoms with Gasteiger partial charge in [-0.3, -0.25) is 14.4 Å². The number of ether oxygens (including phenoxy) is 2. The highest BCUT2D eigenvalue weighted by Crippen LogP contribution is 2.32. The first kappa shape index (κ1) is 27.7. The van der Waals surface area contributed by atoms with Gasteiger partial charge in [0.2, 0.25) is 5.91 Å². The van der Waals surface area contributed by atoms with Gasteiger partial charge in [-0.15, -0.1) is 0 Å². The molecule has 0 radical (unpaired) electrons. The number of amides is 2. The number of carbonyl (C=O) groups excluding carboxylic acids is 3. The first-order chi connectivity index (χ1) is 17.6. The van der Waals surface area contributed by atoms with Gasteiger partial charge in [-0.25, -0.2) is 0 Å². The van der Waals surface area contributed by atoms with E-state index >= 15 is 0 Å². The third-order valence-corrected chi connectivity index (χ3v) is 7.92. The minimum Gasteiger partial charge on any atom is -0.377 e. The maximum absolute atomic E-state index is 13.7. The lowest BCUT2D eigenvalue weighted by molar-refractivity contribution is -0.138. The molecule has 0 aromatic heterocycles. The summed E-state index contributed by atoms with van der Waals surface area (Å²) in [4.78, 5) is 43.6. The van der Waals surface area contributed by atoms with Crippen LogP contribution in [0.1, 0.15) is 75.2 Å². The monoisotopic (exact) mass is 513 g/mol. The van der Waals surface area contributed by atoms with Crippen molar-refractivity contribution in [2.75, 3.05) is 39.9 Å². The topological polar surface area (TPSA) is 88.2 Å². The molecule has 8 heteroatoms. The lowest BCUT2D eigenvalue weighted by Gasteiger charge is -2.32. The molecule has 3 heterocycles. The Hall–Kier alpha value is -2.29. The fourth-order valence-electron chi connectivity index (χ4n) is 6.01. The zero-order valence-electron chi connectivity index (χ0n) is 23.0. The van der Waals surface area contributed by atoms with Crippen molar-refractivity contribution in [3.63, 3.8) is 0 Å². The number of hydrogen-bond donors (Lipinski definition) is 1. The summed E-state index contributed by atoms with van der Waals surface area (Å²) in [7, 11) is 1.56. The average molecular weight is 514 g/mol. The predicted octanol–water partition coefficient (Wildman–Crippen LogP) is 3.00. The first-order valence-electron chi connectivity index (χ1n) is 13.7. The van der Waals surface area contributed by atoms with Crippen LogP contribution in [0.15, 0.2) is 24.3 Å². The summed E-state index contributed by atoms with van der Waals surface area (Å²) >= 11 is 0. The van der Waals surface area contributed by atoms with Crippen LogP contribution in [-0.2, 0) is 19.1 Å². The van der Waals surface area contributed by atoms with Crippen molar-refractivity contribution in [1.29, 1.82) is 0 Å². The van der Waals surface area contributed by atoms with Gasteiger partial charge in [0.25, 0.3) is 5.91 Å². The second-order valence-corrected chi connectivity index (χ2v) is 12.0. The fraction of sp³-hybridized carbons (Fsp3) is 0.690. The van der Waals surface area contributed by atoms with Crippen molar-refractivity contribution < 1.29 is 23.9 Å². The first-order valence-corrected chi connectivity index (χ1v) is 13.7. The molecule has 3 saturated heterocycles. The third kappa shape index (κ3) is 6.41. The van der Waals surface area contributed by atoms with Crippen LogP contribution < -0.4 is 5.32 Å². The van der Waals surface area contributed by atoms with Gasteiger partial charge in [0, 0.05) is 12.7 Å². The molecule has 1 N–H and O–H groups in total. The minimum atomic E-state index is -0.750. The van der Waals surface area contributed by atoms with Crippen LogP contribution in [-0.4, -0.2) is 91.6 Å². The van der Waals surface area contributed by atoms with Crippen molar-refractivity contribution in [1.82, 2.24) is 15.1 Å². The highest BCUT2D eigenvalue weighted by Gasteiger charge is 2.53. The lowest BCUT2D eigenvalue weighted by atomic mass is 9.87. The van der Waals surface area contributed by atoms with Gasteiger partial charge in [0.05, 0.1) is 6.54 Å². The number of carbonyl (C=O) groups is 3. The molecule has 0 unspecified atom stereocenters. The molecular formula is C29H43N3O5. The van der Waals surface area contributed by atoms with Crippen LogP contribution in [0.5, 0.6) is 0 Å². The van der Waals surface area contributed by atoms with Crippen molar-refractivity contribution in [3.05, 3.63) is 35.4 Å². The quantitative estimate of drug-likeness (QED) is 0.575. The second-order valence-electron chi connectivity index (χ2n) is 12.0. The van der Waals surface area contributed by atoms with Crippen LogP contribution in [0, 0.1) is 5.41 Å². The molecule has 0 aliphatic carbocycles. The van der Waals surface area contributed by atoms with Gasteiger partial charge in [0.15, 0.2) is 5.78 Å². The Labute approximate surface area is 221 Å². The maximum Gasteiger partial charge on any atom is 0.251 e. The van der Waals surface area contributed by atoms with Gasteiger partial charge in [-0.05, 0) is 74.3 Å². The van der Waals surface area contributed by atoms with Gasteiger partial charge in [0.1, 0.15) is 30.9 Å². The van der Waals surface area contributed by atoms with Crippen LogP contribution in [0.2, 0.25) is 0 Å². The number of methoxy groups -OCH3 is 1. The number of fused-ring (bicyclic) bond motifs is 1.